The molecular weight excluding hydrogens is 267 g/mol. The van der Waals surface area contributed by atoms with Crippen molar-refractivity contribution in [3.8, 4) is 0 Å². The molecule has 1 fully saturated rings. The Balaban J connectivity index is 2.35. The fraction of sp³-hybridized carbons (Fsp3) is 1.00. The smallest absolute Gasteiger partial charge is 0.212 e. The zero-order chi connectivity index (χ0) is 12.4. The first kappa shape index (κ1) is 14.1. The van der Waals surface area contributed by atoms with E-state index in [2.05, 4.69) is 4.72 Å². The van der Waals surface area contributed by atoms with Crippen LogP contribution in [0, 0.1) is 0 Å². The Kier molecular flexibility index (Phi) is 4.13. The lowest BCUT2D eigenvalue weighted by atomic mass is 10.3. The second kappa shape index (κ2) is 4.70. The molecule has 16 heavy (non-hydrogen) atoms. The average Bonchev–Trinajstić information content (AvgIpc) is 2.81. The minimum Gasteiger partial charge on any atom is -0.212 e. The molecule has 8 heteroatoms. The summed E-state index contributed by atoms with van der Waals surface area (Å²) in [6, 6.07) is 0. The summed E-state index contributed by atoms with van der Waals surface area (Å²) in [5.74, 6) is -0.351. The van der Waals surface area contributed by atoms with E-state index in [1.165, 1.54) is 0 Å². The third-order valence-corrected chi connectivity index (χ3v) is 4.44. The van der Waals surface area contributed by atoms with Crippen LogP contribution >= 0.6 is 11.6 Å². The van der Waals surface area contributed by atoms with Gasteiger partial charge in [0.15, 0.2) is 0 Å². The molecule has 0 aromatic carbocycles. The minimum absolute atomic E-state index is 0.158. The van der Waals surface area contributed by atoms with Gasteiger partial charge in [0.25, 0.3) is 0 Å². The topological polar surface area (TPSA) is 46.2 Å². The molecule has 1 rings (SSSR count). The molecule has 0 aromatic rings. The van der Waals surface area contributed by atoms with E-state index in [1.54, 1.807) is 0 Å². The quantitative estimate of drug-likeness (QED) is 0.756. The van der Waals surface area contributed by atoms with E-state index in [-0.39, 0.29) is 5.88 Å². The van der Waals surface area contributed by atoms with Gasteiger partial charge < -0.3 is 0 Å². The SMILES string of the molecule is O=S(=O)(CCCC(F)(F)F)NC1(CCl)CC1. The lowest BCUT2D eigenvalue weighted by Gasteiger charge is -2.14. The number of sulfonamides is 1. The zero-order valence-corrected chi connectivity index (χ0v) is 10.1. The van der Waals surface area contributed by atoms with Crippen molar-refractivity contribution in [1.82, 2.24) is 4.72 Å². The molecule has 0 heterocycles. The van der Waals surface area contributed by atoms with E-state index in [1.807, 2.05) is 0 Å². The first-order chi connectivity index (χ1) is 7.18. The van der Waals surface area contributed by atoms with Crippen LogP contribution in [0.15, 0.2) is 0 Å². The van der Waals surface area contributed by atoms with Gasteiger partial charge in [-0.05, 0) is 19.3 Å². The highest BCUT2D eigenvalue weighted by atomic mass is 35.5. The van der Waals surface area contributed by atoms with Gasteiger partial charge in [-0.3, -0.25) is 0 Å². The maximum Gasteiger partial charge on any atom is 0.389 e. The maximum atomic E-state index is 11.8. The van der Waals surface area contributed by atoms with Crippen LogP contribution in [-0.2, 0) is 10.0 Å². The Hall–Kier alpha value is -0.0100. The van der Waals surface area contributed by atoms with Gasteiger partial charge in [-0.15, -0.1) is 11.6 Å². The number of rotatable bonds is 6. The van der Waals surface area contributed by atoms with Crippen LogP contribution in [0.5, 0.6) is 0 Å². The number of nitrogens with one attached hydrogen (secondary N) is 1. The van der Waals surface area contributed by atoms with Gasteiger partial charge in [0.2, 0.25) is 10.0 Å². The van der Waals surface area contributed by atoms with Gasteiger partial charge in [0, 0.05) is 17.8 Å². The Morgan fingerprint density at radius 1 is 1.31 bits per heavy atom. The molecule has 1 aliphatic carbocycles. The summed E-state index contributed by atoms with van der Waals surface area (Å²) < 4.78 is 60.6. The molecule has 0 unspecified atom stereocenters. The lowest BCUT2D eigenvalue weighted by Crippen LogP contribution is -2.39. The van der Waals surface area contributed by atoms with Gasteiger partial charge in [0.05, 0.1) is 5.75 Å². The van der Waals surface area contributed by atoms with E-state index in [0.717, 1.165) is 0 Å². The van der Waals surface area contributed by atoms with Crippen molar-refractivity contribution >= 4 is 21.6 Å². The van der Waals surface area contributed by atoms with E-state index in [4.69, 9.17) is 11.6 Å². The lowest BCUT2D eigenvalue weighted by molar-refractivity contribution is -0.134. The minimum atomic E-state index is -4.31. The summed E-state index contributed by atoms with van der Waals surface area (Å²) >= 11 is 5.56. The largest absolute Gasteiger partial charge is 0.389 e. The fourth-order valence-electron chi connectivity index (χ4n) is 1.26. The van der Waals surface area contributed by atoms with E-state index >= 15 is 0 Å². The van der Waals surface area contributed by atoms with Crippen LogP contribution in [0.4, 0.5) is 13.2 Å². The van der Waals surface area contributed by atoms with Gasteiger partial charge in [-0.25, -0.2) is 13.1 Å². The van der Waals surface area contributed by atoms with Crippen molar-refractivity contribution in [2.45, 2.75) is 37.4 Å². The van der Waals surface area contributed by atoms with Crippen LogP contribution < -0.4 is 4.72 Å². The molecule has 0 radical (unpaired) electrons. The van der Waals surface area contributed by atoms with Crippen LogP contribution in [0.2, 0.25) is 0 Å². The molecule has 1 saturated carbocycles. The molecule has 0 aromatic heterocycles. The second-order valence-corrected chi connectivity index (χ2v) is 6.16. The molecule has 0 amide bonds. The van der Waals surface area contributed by atoms with Crippen LogP contribution in [0.25, 0.3) is 0 Å². The number of hydrogen-bond donors (Lipinski definition) is 1. The Bertz CT molecular complexity index is 338. The summed E-state index contributed by atoms with van der Waals surface area (Å²) in [6.07, 6.45) is -4.51. The third kappa shape index (κ3) is 4.88. The first-order valence-electron chi connectivity index (χ1n) is 4.82. The molecule has 0 atom stereocenters. The molecule has 3 nitrogen and oxygen atoms in total. The molecule has 1 N–H and O–H groups in total. The summed E-state index contributed by atoms with van der Waals surface area (Å²) in [4.78, 5) is 0. The first-order valence-corrected chi connectivity index (χ1v) is 7.01. The van der Waals surface area contributed by atoms with Gasteiger partial charge in [-0.1, -0.05) is 0 Å². The highest BCUT2D eigenvalue weighted by Gasteiger charge is 2.44. The molecular formula is C8H13ClF3NO2S. The Labute approximate surface area is 97.4 Å². The molecule has 96 valence electrons. The van der Waals surface area contributed by atoms with E-state index in [0.29, 0.717) is 12.8 Å². The zero-order valence-electron chi connectivity index (χ0n) is 8.48. The number of halogens is 4. The van der Waals surface area contributed by atoms with E-state index in [9.17, 15) is 21.6 Å². The van der Waals surface area contributed by atoms with Crippen molar-refractivity contribution in [2.75, 3.05) is 11.6 Å². The Morgan fingerprint density at radius 3 is 2.25 bits per heavy atom. The fourth-order valence-corrected chi connectivity index (χ4v) is 3.23. The highest BCUT2D eigenvalue weighted by molar-refractivity contribution is 7.89. The summed E-state index contributed by atoms with van der Waals surface area (Å²) in [5.41, 5.74) is -0.599. The molecule has 1 aliphatic rings. The van der Waals surface area contributed by atoms with Crippen molar-refractivity contribution < 1.29 is 21.6 Å². The Morgan fingerprint density at radius 2 is 1.88 bits per heavy atom. The van der Waals surface area contributed by atoms with Crippen molar-refractivity contribution in [3.05, 3.63) is 0 Å². The van der Waals surface area contributed by atoms with Crippen LogP contribution in [-0.4, -0.2) is 31.8 Å². The van der Waals surface area contributed by atoms with Crippen LogP contribution in [0.3, 0.4) is 0 Å². The van der Waals surface area contributed by atoms with Crippen molar-refractivity contribution in [3.63, 3.8) is 0 Å². The predicted molar refractivity (Wildman–Crippen MR) is 54.9 cm³/mol. The summed E-state index contributed by atoms with van der Waals surface area (Å²) in [6.45, 7) is 0. The monoisotopic (exact) mass is 279 g/mol. The van der Waals surface area contributed by atoms with Crippen molar-refractivity contribution in [2.24, 2.45) is 0 Å². The molecule has 0 bridgehead atoms. The maximum absolute atomic E-state index is 11.8. The summed E-state index contributed by atoms with van der Waals surface area (Å²) in [5, 5.41) is 0. The van der Waals surface area contributed by atoms with Crippen LogP contribution in [0.1, 0.15) is 25.7 Å². The van der Waals surface area contributed by atoms with Gasteiger partial charge in [-0.2, -0.15) is 13.2 Å². The van der Waals surface area contributed by atoms with Gasteiger partial charge >= 0.3 is 6.18 Å². The van der Waals surface area contributed by atoms with E-state index < -0.39 is 40.3 Å². The number of alkyl halides is 4. The van der Waals surface area contributed by atoms with Crippen molar-refractivity contribution in [1.29, 1.82) is 0 Å². The molecule has 0 aliphatic heterocycles. The molecule has 0 spiro atoms. The normalized spacial score (nSPS) is 19.8. The second-order valence-electron chi connectivity index (χ2n) is 4.05. The summed E-state index contributed by atoms with van der Waals surface area (Å²) in [7, 11) is -3.65. The predicted octanol–water partition coefficient (Wildman–Crippen LogP) is 2.02. The van der Waals surface area contributed by atoms with Gasteiger partial charge in [0.1, 0.15) is 0 Å². The average molecular weight is 280 g/mol. The number of hydrogen-bond acceptors (Lipinski definition) is 2. The standard InChI is InChI=1S/C8H13ClF3NO2S/c9-6-7(3-4-7)13-16(14,15)5-1-2-8(10,11)12/h13H,1-6H2. The third-order valence-electron chi connectivity index (χ3n) is 2.35. The highest BCUT2D eigenvalue weighted by Crippen LogP contribution is 2.37. The molecule has 0 saturated heterocycles.